The van der Waals surface area contributed by atoms with E-state index in [0.29, 0.717) is 5.82 Å². The van der Waals surface area contributed by atoms with Crippen LogP contribution in [0.25, 0.3) is 132 Å². The predicted molar refractivity (Wildman–Crippen MR) is 277 cm³/mol. The fraction of sp³-hybridized carbons (Fsp3) is 0. The smallest absolute Gasteiger partial charge is 0.160 e. The van der Waals surface area contributed by atoms with Gasteiger partial charge in [0.25, 0.3) is 0 Å². The molecule has 0 saturated heterocycles. The Morgan fingerprint density at radius 2 is 0.955 bits per heavy atom. The van der Waals surface area contributed by atoms with Crippen molar-refractivity contribution in [3.8, 4) is 45.1 Å². The van der Waals surface area contributed by atoms with Gasteiger partial charge in [0.1, 0.15) is 0 Å². The average Bonchev–Trinajstić information content (AvgIpc) is 3.90. The molecule has 11 aromatic carbocycles. The van der Waals surface area contributed by atoms with Crippen LogP contribution in [0.4, 0.5) is 0 Å². The zero-order valence-corrected chi connectivity index (χ0v) is 35.7. The summed E-state index contributed by atoms with van der Waals surface area (Å²) in [5, 5.41) is 13.1. The number of benzene rings is 11. The summed E-state index contributed by atoms with van der Waals surface area (Å²) in [4.78, 5) is 10.9. The van der Waals surface area contributed by atoms with Gasteiger partial charge in [-0.25, -0.2) is 9.97 Å². The van der Waals surface area contributed by atoms with Gasteiger partial charge in [0, 0.05) is 49.1 Å². The molecular weight excluding hydrogens is 801 g/mol. The molecule has 0 aliphatic rings. The SMILES string of the molecule is c1ccc(-c2cccc3c2c2cc4ccccc4cc2n3-c2cc(-c3nc(-c4ccc5c(c4)c4c6ccccc6ccc4n5-c4ccccc4)c4ccccc4n3)cc3ccccc23)cc1. The topological polar surface area (TPSA) is 35.6 Å². The minimum atomic E-state index is 0.684. The quantitative estimate of drug-likeness (QED) is 0.173. The molecule has 4 heteroatoms. The van der Waals surface area contributed by atoms with Crippen LogP contribution in [0.3, 0.4) is 0 Å². The lowest BCUT2D eigenvalue weighted by atomic mass is 9.98. The molecule has 0 fully saturated rings. The number of hydrogen-bond donors (Lipinski definition) is 0. The highest BCUT2D eigenvalue weighted by Crippen LogP contribution is 2.44. The van der Waals surface area contributed by atoms with Crippen molar-refractivity contribution < 1.29 is 0 Å². The van der Waals surface area contributed by atoms with Gasteiger partial charge >= 0.3 is 0 Å². The van der Waals surface area contributed by atoms with Gasteiger partial charge < -0.3 is 9.13 Å². The van der Waals surface area contributed by atoms with E-state index in [1.165, 1.54) is 59.7 Å². The summed E-state index contributed by atoms with van der Waals surface area (Å²) in [6.45, 7) is 0. The number of fused-ring (bicyclic) bond motifs is 11. The first kappa shape index (κ1) is 36.6. The van der Waals surface area contributed by atoms with Crippen LogP contribution in [-0.4, -0.2) is 19.1 Å². The summed E-state index contributed by atoms with van der Waals surface area (Å²) >= 11 is 0. The van der Waals surface area contributed by atoms with Gasteiger partial charge in [0.2, 0.25) is 0 Å². The van der Waals surface area contributed by atoms with Crippen LogP contribution < -0.4 is 0 Å². The minimum absolute atomic E-state index is 0.684. The first-order chi connectivity index (χ1) is 32.7. The van der Waals surface area contributed by atoms with Crippen molar-refractivity contribution in [3.05, 3.63) is 231 Å². The van der Waals surface area contributed by atoms with Crippen molar-refractivity contribution in [3.63, 3.8) is 0 Å². The van der Waals surface area contributed by atoms with Crippen molar-refractivity contribution in [2.75, 3.05) is 0 Å². The average molecular weight is 839 g/mol. The van der Waals surface area contributed by atoms with Crippen molar-refractivity contribution in [2.24, 2.45) is 0 Å². The van der Waals surface area contributed by atoms with Crippen LogP contribution in [0.1, 0.15) is 0 Å². The zero-order valence-electron chi connectivity index (χ0n) is 35.7. The molecule has 306 valence electrons. The molecule has 0 saturated carbocycles. The molecule has 3 aromatic heterocycles. The maximum atomic E-state index is 5.58. The minimum Gasteiger partial charge on any atom is -0.309 e. The molecule has 14 aromatic rings. The summed E-state index contributed by atoms with van der Waals surface area (Å²) in [5.74, 6) is 0.684. The van der Waals surface area contributed by atoms with Gasteiger partial charge in [-0.1, -0.05) is 164 Å². The van der Waals surface area contributed by atoms with E-state index in [1.54, 1.807) is 0 Å². The van der Waals surface area contributed by atoms with E-state index in [4.69, 9.17) is 9.97 Å². The molecule has 14 rings (SSSR count). The predicted octanol–water partition coefficient (Wildman–Crippen LogP) is 16.3. The molecule has 0 spiro atoms. The van der Waals surface area contributed by atoms with Crippen LogP contribution in [0.2, 0.25) is 0 Å². The van der Waals surface area contributed by atoms with Crippen LogP contribution >= 0.6 is 0 Å². The third-order valence-electron chi connectivity index (χ3n) is 13.6. The molecular formula is C62H38N4. The molecule has 3 heterocycles. The lowest BCUT2D eigenvalue weighted by Gasteiger charge is -2.15. The van der Waals surface area contributed by atoms with Gasteiger partial charge in [-0.05, 0) is 105 Å². The van der Waals surface area contributed by atoms with E-state index in [-0.39, 0.29) is 0 Å². The monoisotopic (exact) mass is 838 g/mol. The van der Waals surface area contributed by atoms with Crippen molar-refractivity contribution in [1.82, 2.24) is 19.1 Å². The van der Waals surface area contributed by atoms with Crippen molar-refractivity contribution in [1.29, 1.82) is 0 Å². The third kappa shape index (κ3) is 5.52. The fourth-order valence-electron chi connectivity index (χ4n) is 10.7. The van der Waals surface area contributed by atoms with E-state index >= 15 is 0 Å². The van der Waals surface area contributed by atoms with Crippen LogP contribution in [0.5, 0.6) is 0 Å². The Labute approximate surface area is 379 Å². The lowest BCUT2D eigenvalue weighted by molar-refractivity contribution is 1.18. The van der Waals surface area contributed by atoms with Gasteiger partial charge in [-0.15, -0.1) is 0 Å². The number of nitrogens with zero attached hydrogens (tertiary/aromatic N) is 4. The van der Waals surface area contributed by atoms with Gasteiger partial charge in [-0.2, -0.15) is 0 Å². The van der Waals surface area contributed by atoms with Gasteiger partial charge in [0.15, 0.2) is 5.82 Å². The normalized spacial score (nSPS) is 11.9. The van der Waals surface area contributed by atoms with Crippen LogP contribution in [0.15, 0.2) is 231 Å². The van der Waals surface area contributed by atoms with Crippen molar-refractivity contribution >= 4 is 86.8 Å². The molecule has 0 unspecified atom stereocenters. The van der Waals surface area contributed by atoms with Crippen molar-refractivity contribution in [2.45, 2.75) is 0 Å². The van der Waals surface area contributed by atoms with E-state index in [0.717, 1.165) is 66.4 Å². The largest absolute Gasteiger partial charge is 0.309 e. The maximum Gasteiger partial charge on any atom is 0.160 e. The molecule has 0 atom stereocenters. The van der Waals surface area contributed by atoms with E-state index in [2.05, 4.69) is 240 Å². The number of aromatic nitrogens is 4. The first-order valence-electron chi connectivity index (χ1n) is 22.6. The highest BCUT2D eigenvalue weighted by Gasteiger charge is 2.22. The second-order valence-electron chi connectivity index (χ2n) is 17.3. The van der Waals surface area contributed by atoms with Gasteiger partial charge in [0.05, 0.1) is 39.0 Å². The second-order valence-corrected chi connectivity index (χ2v) is 17.3. The summed E-state index contributed by atoms with van der Waals surface area (Å²) < 4.78 is 4.86. The van der Waals surface area contributed by atoms with E-state index < -0.39 is 0 Å². The Hall–Kier alpha value is -8.86. The molecule has 4 nitrogen and oxygen atoms in total. The lowest BCUT2D eigenvalue weighted by Crippen LogP contribution is -1.99. The number of para-hydroxylation sites is 2. The molecule has 66 heavy (non-hydrogen) atoms. The number of rotatable bonds is 5. The van der Waals surface area contributed by atoms with E-state index in [9.17, 15) is 0 Å². The molecule has 0 bridgehead atoms. The molecule has 0 aliphatic heterocycles. The molecule has 0 amide bonds. The fourth-order valence-corrected chi connectivity index (χ4v) is 10.7. The second kappa shape index (κ2) is 14.3. The molecule has 0 N–H and O–H groups in total. The highest BCUT2D eigenvalue weighted by molar-refractivity contribution is 6.22. The van der Waals surface area contributed by atoms with Crippen LogP contribution in [0, 0.1) is 0 Å². The molecule has 0 aliphatic carbocycles. The Morgan fingerprint density at radius 1 is 0.303 bits per heavy atom. The Balaban J connectivity index is 1.03. The summed E-state index contributed by atoms with van der Waals surface area (Å²) in [7, 11) is 0. The van der Waals surface area contributed by atoms with E-state index in [1.807, 2.05) is 0 Å². The van der Waals surface area contributed by atoms with Gasteiger partial charge in [-0.3, -0.25) is 0 Å². The highest BCUT2D eigenvalue weighted by atomic mass is 15.0. The Morgan fingerprint density at radius 3 is 1.79 bits per heavy atom. The Bertz CT molecular complexity index is 4280. The summed E-state index contributed by atoms with van der Waals surface area (Å²) in [6.07, 6.45) is 0. The zero-order chi connectivity index (χ0) is 43.3. The maximum absolute atomic E-state index is 5.58. The Kier molecular flexibility index (Phi) is 7.95. The first-order valence-corrected chi connectivity index (χ1v) is 22.6. The summed E-state index contributed by atoms with van der Waals surface area (Å²) in [5.41, 5.74) is 13.1. The van der Waals surface area contributed by atoms with Crippen LogP contribution in [-0.2, 0) is 0 Å². The standard InChI is InChI=1S/C62H38N4/c1-3-16-39(17-4-1)49-27-15-29-55-60(49)52-35-41-19-7-8-20-42(41)37-58(52)66(55)57-38-45(34-43-21-10-11-24-47(43)57)62-63-53-28-14-13-26-50(53)61(64-62)44-31-32-54-51(36-44)59-48-25-12-9-18-40(48)30-33-56(59)65(54)46-22-5-2-6-23-46/h1-38H. The summed E-state index contributed by atoms with van der Waals surface area (Å²) in [6, 6.07) is 83.4. The number of hydrogen-bond acceptors (Lipinski definition) is 2. The third-order valence-corrected chi connectivity index (χ3v) is 13.6. The molecule has 0 radical (unpaired) electrons.